The van der Waals surface area contributed by atoms with E-state index in [-0.39, 0.29) is 17.5 Å². The molecule has 1 aromatic carbocycles. The lowest BCUT2D eigenvalue weighted by Gasteiger charge is -2.15. The van der Waals surface area contributed by atoms with E-state index >= 15 is 0 Å². The fraction of sp³-hybridized carbons (Fsp3) is 0.364. The van der Waals surface area contributed by atoms with Crippen molar-refractivity contribution >= 4 is 5.97 Å². The zero-order valence-electron chi connectivity index (χ0n) is 8.85. The van der Waals surface area contributed by atoms with Crippen molar-refractivity contribution in [1.29, 1.82) is 0 Å². The second kappa shape index (κ2) is 5.05. The highest BCUT2D eigenvalue weighted by Crippen LogP contribution is 2.13. The molecule has 0 spiro atoms. The Labute approximate surface area is 92.5 Å². The van der Waals surface area contributed by atoms with Gasteiger partial charge >= 0.3 is 5.97 Å². The van der Waals surface area contributed by atoms with Gasteiger partial charge in [-0.1, -0.05) is 0 Å². The second-order valence-electron chi connectivity index (χ2n) is 3.72. The molecule has 4 nitrogen and oxygen atoms in total. The summed E-state index contributed by atoms with van der Waals surface area (Å²) < 4.78 is 13.3. The minimum absolute atomic E-state index is 0.00851. The van der Waals surface area contributed by atoms with Crippen molar-refractivity contribution in [3.63, 3.8) is 0 Å². The fourth-order valence-corrected chi connectivity index (χ4v) is 1.29. The summed E-state index contributed by atoms with van der Waals surface area (Å²) in [6.45, 7) is 1.50. The Morgan fingerprint density at radius 2 is 2.19 bits per heavy atom. The molecule has 0 fully saturated rings. The van der Waals surface area contributed by atoms with Crippen molar-refractivity contribution in [3.8, 4) is 0 Å². The maximum absolute atomic E-state index is 13.3. The van der Waals surface area contributed by atoms with Gasteiger partial charge in [0.1, 0.15) is 5.82 Å². The molecule has 2 atom stereocenters. The minimum atomic E-state index is -1.12. The number of benzene rings is 1. The van der Waals surface area contributed by atoms with Gasteiger partial charge in [-0.2, -0.15) is 0 Å². The number of carboxylic acid groups (broad SMARTS) is 1. The molecule has 1 rings (SSSR count). The number of carbonyl (C=O) groups is 1. The molecule has 0 heterocycles. The maximum Gasteiger partial charge on any atom is 0.335 e. The molecule has 0 aliphatic carbocycles. The molecule has 0 radical (unpaired) electrons. The zero-order valence-corrected chi connectivity index (χ0v) is 8.85. The molecule has 0 aromatic heterocycles. The first-order valence-corrected chi connectivity index (χ1v) is 4.87. The third-order valence-electron chi connectivity index (χ3n) is 2.37. The van der Waals surface area contributed by atoms with Crippen LogP contribution < -0.4 is 5.73 Å². The van der Waals surface area contributed by atoms with Gasteiger partial charge in [0.2, 0.25) is 0 Å². The highest BCUT2D eigenvalue weighted by Gasteiger charge is 2.14. The largest absolute Gasteiger partial charge is 0.478 e. The monoisotopic (exact) mass is 227 g/mol. The van der Waals surface area contributed by atoms with Crippen molar-refractivity contribution in [2.45, 2.75) is 25.5 Å². The SMILES string of the molecule is CC(O)C(N)Cc1cc(C(=O)O)ccc1F. The van der Waals surface area contributed by atoms with E-state index in [1.54, 1.807) is 0 Å². The van der Waals surface area contributed by atoms with Crippen LogP contribution in [0.3, 0.4) is 0 Å². The van der Waals surface area contributed by atoms with Gasteiger partial charge in [0.25, 0.3) is 0 Å². The average Bonchev–Trinajstić information content (AvgIpc) is 2.20. The Bertz CT molecular complexity index is 393. The van der Waals surface area contributed by atoms with Crippen LogP contribution in [0, 0.1) is 5.82 Å². The second-order valence-corrected chi connectivity index (χ2v) is 3.72. The molecule has 4 N–H and O–H groups in total. The van der Waals surface area contributed by atoms with Crippen molar-refractivity contribution in [2.24, 2.45) is 5.73 Å². The van der Waals surface area contributed by atoms with Crippen molar-refractivity contribution in [1.82, 2.24) is 0 Å². The summed E-state index contributed by atoms with van der Waals surface area (Å²) in [6, 6.07) is 2.90. The molecule has 0 aliphatic heterocycles. The molecule has 0 aliphatic rings. The third-order valence-corrected chi connectivity index (χ3v) is 2.37. The van der Waals surface area contributed by atoms with Crippen molar-refractivity contribution in [2.75, 3.05) is 0 Å². The first-order chi connectivity index (χ1) is 7.41. The fourth-order valence-electron chi connectivity index (χ4n) is 1.29. The number of aliphatic hydroxyl groups excluding tert-OH is 1. The highest BCUT2D eigenvalue weighted by atomic mass is 19.1. The van der Waals surface area contributed by atoms with Crippen molar-refractivity contribution < 1.29 is 19.4 Å². The molecule has 0 saturated carbocycles. The van der Waals surface area contributed by atoms with Crippen LogP contribution in [0.15, 0.2) is 18.2 Å². The van der Waals surface area contributed by atoms with Gasteiger partial charge in [-0.15, -0.1) is 0 Å². The smallest absolute Gasteiger partial charge is 0.335 e. The minimum Gasteiger partial charge on any atom is -0.478 e. The first kappa shape index (κ1) is 12.6. The van der Waals surface area contributed by atoms with Gasteiger partial charge in [-0.05, 0) is 37.1 Å². The van der Waals surface area contributed by atoms with Gasteiger partial charge in [0, 0.05) is 6.04 Å². The normalized spacial score (nSPS) is 14.5. The topological polar surface area (TPSA) is 83.5 Å². The Morgan fingerprint density at radius 1 is 1.56 bits per heavy atom. The standard InChI is InChI=1S/C11H14FNO3/c1-6(14)10(13)5-8-4-7(11(15)16)2-3-9(8)12/h2-4,6,10,14H,5,13H2,1H3,(H,15,16). The Kier molecular flexibility index (Phi) is 3.98. The molecule has 16 heavy (non-hydrogen) atoms. The van der Waals surface area contributed by atoms with Crippen molar-refractivity contribution in [3.05, 3.63) is 35.1 Å². The number of halogens is 1. The molecular formula is C11H14FNO3. The summed E-state index contributed by atoms with van der Waals surface area (Å²) in [5.41, 5.74) is 5.79. The van der Waals surface area contributed by atoms with Crippen LogP contribution >= 0.6 is 0 Å². The number of aromatic carboxylic acids is 1. The quantitative estimate of drug-likeness (QED) is 0.709. The van der Waals surface area contributed by atoms with Crippen LogP contribution in [-0.2, 0) is 6.42 Å². The summed E-state index contributed by atoms with van der Waals surface area (Å²) in [4.78, 5) is 10.7. The van der Waals surface area contributed by atoms with E-state index < -0.39 is 23.9 Å². The van der Waals surface area contributed by atoms with E-state index in [2.05, 4.69) is 0 Å². The van der Waals surface area contributed by atoms with Gasteiger partial charge < -0.3 is 15.9 Å². The Hall–Kier alpha value is -1.46. The van der Waals surface area contributed by atoms with E-state index in [9.17, 15) is 14.3 Å². The number of hydrogen-bond acceptors (Lipinski definition) is 3. The number of hydrogen-bond donors (Lipinski definition) is 3. The summed E-state index contributed by atoms with van der Waals surface area (Å²) in [5.74, 6) is -1.63. The number of nitrogens with two attached hydrogens (primary N) is 1. The van der Waals surface area contributed by atoms with Gasteiger partial charge in [0.05, 0.1) is 11.7 Å². The van der Waals surface area contributed by atoms with Crippen LogP contribution in [0.2, 0.25) is 0 Å². The Balaban J connectivity index is 2.94. The van der Waals surface area contributed by atoms with Gasteiger partial charge in [-0.3, -0.25) is 0 Å². The summed E-state index contributed by atoms with van der Waals surface area (Å²) in [5, 5.41) is 17.9. The lowest BCUT2D eigenvalue weighted by Crippen LogP contribution is -2.34. The molecule has 0 amide bonds. The van der Waals surface area contributed by atoms with Crippen LogP contribution in [0.5, 0.6) is 0 Å². The molecular weight excluding hydrogens is 213 g/mol. The number of carboxylic acids is 1. The van der Waals surface area contributed by atoms with Crippen LogP contribution in [0.4, 0.5) is 4.39 Å². The molecule has 0 saturated heterocycles. The zero-order chi connectivity index (χ0) is 12.3. The molecule has 1 aromatic rings. The lowest BCUT2D eigenvalue weighted by molar-refractivity contribution is 0.0696. The van der Waals surface area contributed by atoms with E-state index in [4.69, 9.17) is 10.8 Å². The summed E-state index contributed by atoms with van der Waals surface area (Å²) >= 11 is 0. The highest BCUT2D eigenvalue weighted by molar-refractivity contribution is 5.87. The van der Waals surface area contributed by atoms with E-state index in [1.807, 2.05) is 0 Å². The van der Waals surface area contributed by atoms with Crippen LogP contribution in [0.25, 0.3) is 0 Å². The molecule has 2 unspecified atom stereocenters. The van der Waals surface area contributed by atoms with Gasteiger partial charge in [0.15, 0.2) is 0 Å². The lowest BCUT2D eigenvalue weighted by atomic mass is 10.0. The maximum atomic E-state index is 13.3. The molecule has 5 heteroatoms. The van der Waals surface area contributed by atoms with Gasteiger partial charge in [-0.25, -0.2) is 9.18 Å². The average molecular weight is 227 g/mol. The molecule has 0 bridgehead atoms. The third kappa shape index (κ3) is 3.01. The number of aliphatic hydroxyl groups is 1. The Morgan fingerprint density at radius 3 is 2.69 bits per heavy atom. The van der Waals surface area contributed by atoms with E-state index in [0.29, 0.717) is 0 Å². The van der Waals surface area contributed by atoms with E-state index in [0.717, 1.165) is 6.07 Å². The molecule has 88 valence electrons. The van der Waals surface area contributed by atoms with Crippen LogP contribution in [-0.4, -0.2) is 28.3 Å². The predicted molar refractivity (Wildman–Crippen MR) is 56.7 cm³/mol. The summed E-state index contributed by atoms with van der Waals surface area (Å²) in [7, 11) is 0. The van der Waals surface area contributed by atoms with Crippen LogP contribution in [0.1, 0.15) is 22.8 Å². The first-order valence-electron chi connectivity index (χ1n) is 4.87. The van der Waals surface area contributed by atoms with E-state index in [1.165, 1.54) is 19.1 Å². The predicted octanol–water partition coefficient (Wildman–Crippen LogP) is 0.774. The number of rotatable bonds is 4. The summed E-state index contributed by atoms with van der Waals surface area (Å²) in [6.07, 6.45) is -0.669.